The van der Waals surface area contributed by atoms with Gasteiger partial charge in [-0.15, -0.1) is 0 Å². The number of nitrogens with zero attached hydrogens (tertiary/aromatic N) is 4. The highest BCUT2D eigenvalue weighted by molar-refractivity contribution is 6.04. The summed E-state index contributed by atoms with van der Waals surface area (Å²) in [6.07, 6.45) is 0.742. The molecule has 0 radical (unpaired) electrons. The Morgan fingerprint density at radius 3 is 2.28 bits per heavy atom. The first-order chi connectivity index (χ1) is 17.5. The van der Waals surface area contributed by atoms with Crippen LogP contribution in [0.4, 0.5) is 0 Å². The van der Waals surface area contributed by atoms with Gasteiger partial charge in [-0.2, -0.15) is 5.10 Å². The van der Waals surface area contributed by atoms with Crippen molar-refractivity contribution >= 4 is 11.6 Å². The fraction of sp³-hybridized carbons (Fsp3) is 0.355. The quantitative estimate of drug-likeness (QED) is 0.492. The first-order valence-corrected chi connectivity index (χ1v) is 13.0. The molecule has 0 N–H and O–H groups in total. The molecule has 2 aliphatic rings. The molecule has 186 valence electrons. The van der Waals surface area contributed by atoms with E-state index >= 15 is 0 Å². The van der Waals surface area contributed by atoms with Gasteiger partial charge < -0.3 is 0 Å². The van der Waals surface area contributed by atoms with Gasteiger partial charge in [0.25, 0.3) is 5.91 Å². The van der Waals surface area contributed by atoms with Gasteiger partial charge in [0, 0.05) is 44.7 Å². The predicted molar refractivity (Wildman–Crippen MR) is 146 cm³/mol. The third-order valence-electron chi connectivity index (χ3n) is 7.49. The molecule has 0 bridgehead atoms. The average molecular weight is 481 g/mol. The van der Waals surface area contributed by atoms with Gasteiger partial charge in [-0.25, -0.2) is 5.01 Å². The van der Waals surface area contributed by atoms with E-state index in [4.69, 9.17) is 5.10 Å². The van der Waals surface area contributed by atoms with Crippen molar-refractivity contribution in [2.75, 3.05) is 32.7 Å². The average Bonchev–Trinajstić information content (AvgIpc) is 3.33. The second kappa shape index (κ2) is 10.8. The Balaban J connectivity index is 1.30. The zero-order valence-corrected chi connectivity index (χ0v) is 21.7. The highest BCUT2D eigenvalue weighted by Gasteiger charge is 2.35. The minimum absolute atomic E-state index is 0.0621. The molecule has 1 atom stereocenters. The maximum atomic E-state index is 13.7. The summed E-state index contributed by atoms with van der Waals surface area (Å²) in [5.74, 6) is 0.0834. The fourth-order valence-corrected chi connectivity index (χ4v) is 5.36. The molecule has 1 amide bonds. The summed E-state index contributed by atoms with van der Waals surface area (Å²) in [5, 5.41) is 6.73. The largest absolute Gasteiger partial charge is 0.297 e. The number of aryl methyl sites for hydroxylation is 3. The van der Waals surface area contributed by atoms with E-state index in [0.29, 0.717) is 6.54 Å². The van der Waals surface area contributed by atoms with Crippen LogP contribution >= 0.6 is 0 Å². The molecule has 0 saturated carbocycles. The molecule has 36 heavy (non-hydrogen) atoms. The normalized spacial score (nSPS) is 18.9. The molecule has 3 aromatic carbocycles. The van der Waals surface area contributed by atoms with Crippen LogP contribution in [0.25, 0.3) is 0 Å². The summed E-state index contributed by atoms with van der Waals surface area (Å²) >= 11 is 0. The van der Waals surface area contributed by atoms with Crippen molar-refractivity contribution in [1.82, 2.24) is 14.8 Å². The van der Waals surface area contributed by atoms with Gasteiger partial charge >= 0.3 is 0 Å². The maximum Gasteiger partial charge on any atom is 0.257 e. The molecule has 5 rings (SSSR count). The topological polar surface area (TPSA) is 39.2 Å². The van der Waals surface area contributed by atoms with Crippen LogP contribution in [0.2, 0.25) is 0 Å². The van der Waals surface area contributed by atoms with Crippen LogP contribution in [0, 0.1) is 20.8 Å². The van der Waals surface area contributed by atoms with Gasteiger partial charge in [0.2, 0.25) is 0 Å². The van der Waals surface area contributed by atoms with Crippen molar-refractivity contribution < 1.29 is 4.79 Å². The Bertz CT molecular complexity index is 1240. The van der Waals surface area contributed by atoms with Crippen molar-refractivity contribution in [1.29, 1.82) is 0 Å². The fourth-order valence-electron chi connectivity index (χ4n) is 5.36. The summed E-state index contributed by atoms with van der Waals surface area (Å²) in [5.41, 5.74) is 8.29. The van der Waals surface area contributed by atoms with Gasteiger partial charge in [-0.3, -0.25) is 14.6 Å². The lowest BCUT2D eigenvalue weighted by Crippen LogP contribution is -2.49. The molecule has 1 saturated heterocycles. The van der Waals surface area contributed by atoms with E-state index in [2.05, 4.69) is 103 Å². The SMILES string of the molecule is Cc1ccc(C)c(C2=NN(C(=O)CN3CCN(Cc4ccccc4)CC3)[C@H](c3ccccc3C)C2)c1. The molecule has 0 aliphatic carbocycles. The lowest BCUT2D eigenvalue weighted by molar-refractivity contribution is -0.134. The summed E-state index contributed by atoms with van der Waals surface area (Å²) in [6.45, 7) is 11.5. The second-order valence-electron chi connectivity index (χ2n) is 10.2. The number of benzene rings is 3. The van der Waals surface area contributed by atoms with Crippen molar-refractivity contribution in [2.24, 2.45) is 5.10 Å². The molecule has 2 aliphatic heterocycles. The number of amides is 1. The standard InChI is InChI=1S/C31H36N4O/c1-23-13-14-25(3)28(19-23)29-20-30(27-12-8-7-9-24(27)2)35(32-29)31(36)22-34-17-15-33(16-18-34)21-26-10-5-4-6-11-26/h4-14,19,30H,15-18,20-22H2,1-3H3/t30-/m0/s1. The number of hydrogen-bond acceptors (Lipinski definition) is 4. The molecule has 1 fully saturated rings. The smallest absolute Gasteiger partial charge is 0.257 e. The molecule has 3 aromatic rings. The molecule has 5 nitrogen and oxygen atoms in total. The minimum atomic E-state index is -0.0621. The second-order valence-corrected chi connectivity index (χ2v) is 10.2. The lowest BCUT2D eigenvalue weighted by atomic mass is 9.93. The number of rotatable bonds is 6. The van der Waals surface area contributed by atoms with Gasteiger partial charge in [-0.05, 0) is 49.1 Å². The van der Waals surface area contributed by atoms with E-state index in [1.807, 2.05) is 0 Å². The molecule has 0 spiro atoms. The van der Waals surface area contributed by atoms with E-state index in [1.54, 1.807) is 5.01 Å². The van der Waals surface area contributed by atoms with E-state index < -0.39 is 0 Å². The maximum absolute atomic E-state index is 13.7. The van der Waals surface area contributed by atoms with Crippen molar-refractivity contribution in [2.45, 2.75) is 39.8 Å². The Labute approximate surface area is 215 Å². The molecular formula is C31H36N4O. The number of hydrazone groups is 1. The zero-order valence-electron chi connectivity index (χ0n) is 21.7. The van der Waals surface area contributed by atoms with E-state index in [1.165, 1.54) is 27.8 Å². The van der Waals surface area contributed by atoms with E-state index in [9.17, 15) is 4.79 Å². The van der Waals surface area contributed by atoms with E-state index in [-0.39, 0.29) is 11.9 Å². The van der Waals surface area contributed by atoms with Crippen LogP contribution in [-0.4, -0.2) is 59.2 Å². The Morgan fingerprint density at radius 1 is 0.833 bits per heavy atom. The van der Waals surface area contributed by atoms with Crippen LogP contribution in [0.5, 0.6) is 0 Å². The summed E-state index contributed by atoms with van der Waals surface area (Å²) in [6, 6.07) is 25.4. The molecule has 2 heterocycles. The van der Waals surface area contributed by atoms with Gasteiger partial charge in [0.1, 0.15) is 0 Å². The van der Waals surface area contributed by atoms with Crippen molar-refractivity contribution in [3.63, 3.8) is 0 Å². The first-order valence-electron chi connectivity index (χ1n) is 13.0. The summed E-state index contributed by atoms with van der Waals surface area (Å²) in [7, 11) is 0. The van der Waals surface area contributed by atoms with Gasteiger partial charge in [0.05, 0.1) is 18.3 Å². The number of piperazine rings is 1. The van der Waals surface area contributed by atoms with Gasteiger partial charge in [-0.1, -0.05) is 72.3 Å². The van der Waals surface area contributed by atoms with Crippen LogP contribution in [0.1, 0.15) is 45.8 Å². The van der Waals surface area contributed by atoms with E-state index in [0.717, 1.165) is 50.4 Å². The van der Waals surface area contributed by atoms with Crippen LogP contribution in [0.15, 0.2) is 77.9 Å². The Kier molecular flexibility index (Phi) is 7.30. The Morgan fingerprint density at radius 2 is 1.53 bits per heavy atom. The monoisotopic (exact) mass is 480 g/mol. The zero-order chi connectivity index (χ0) is 25.1. The highest BCUT2D eigenvalue weighted by Crippen LogP contribution is 2.35. The van der Waals surface area contributed by atoms with Crippen molar-refractivity contribution in [3.05, 3.63) is 106 Å². The van der Waals surface area contributed by atoms with Gasteiger partial charge in [0.15, 0.2) is 0 Å². The highest BCUT2D eigenvalue weighted by atomic mass is 16.2. The molecule has 5 heteroatoms. The first kappa shape index (κ1) is 24.4. The third-order valence-corrected chi connectivity index (χ3v) is 7.49. The molecule has 0 aromatic heterocycles. The summed E-state index contributed by atoms with van der Waals surface area (Å²) in [4.78, 5) is 18.4. The number of hydrogen-bond donors (Lipinski definition) is 0. The van der Waals surface area contributed by atoms with Crippen LogP contribution in [-0.2, 0) is 11.3 Å². The number of carbonyl (C=O) groups is 1. The molecular weight excluding hydrogens is 444 g/mol. The Hall–Kier alpha value is -3.28. The third kappa shape index (κ3) is 5.43. The number of carbonyl (C=O) groups excluding carboxylic acids is 1. The summed E-state index contributed by atoms with van der Waals surface area (Å²) < 4.78 is 0. The van der Waals surface area contributed by atoms with Crippen LogP contribution < -0.4 is 0 Å². The predicted octanol–water partition coefficient (Wildman–Crippen LogP) is 5.11. The molecule has 0 unspecified atom stereocenters. The van der Waals surface area contributed by atoms with Crippen molar-refractivity contribution in [3.8, 4) is 0 Å². The minimum Gasteiger partial charge on any atom is -0.297 e. The lowest BCUT2D eigenvalue weighted by Gasteiger charge is -2.35. The van der Waals surface area contributed by atoms with Crippen LogP contribution in [0.3, 0.4) is 0 Å².